The Hall–Kier alpha value is -2.94. The first-order chi connectivity index (χ1) is 14.2. The van der Waals surface area contributed by atoms with Crippen LogP contribution in [-0.4, -0.2) is 20.3 Å². The molecule has 2 aliphatic rings. The molecule has 1 amide bonds. The maximum Gasteiger partial charge on any atom is 0.339 e. The number of nitrogens with zero attached hydrogens (tertiary/aromatic N) is 2. The molecule has 2 aromatic rings. The van der Waals surface area contributed by atoms with Crippen LogP contribution in [0, 0.1) is 0 Å². The molecule has 0 radical (unpaired) electrons. The van der Waals surface area contributed by atoms with Gasteiger partial charge in [-0.3, -0.25) is 0 Å². The zero-order chi connectivity index (χ0) is 21.4. The van der Waals surface area contributed by atoms with E-state index in [1.54, 1.807) is 12.1 Å². The molecule has 1 atom stereocenters. The molecule has 9 heteroatoms. The Bertz CT molecular complexity index is 1190. The normalized spacial score (nSPS) is 21.2. The molecular weight excluding hydrogens is 406 g/mol. The van der Waals surface area contributed by atoms with Crippen molar-refractivity contribution in [3.05, 3.63) is 58.7 Å². The molecule has 2 aromatic carbocycles. The van der Waals surface area contributed by atoms with E-state index in [1.165, 1.54) is 44.4 Å². The Morgan fingerprint density at radius 1 is 1.07 bits per heavy atom. The van der Waals surface area contributed by atoms with Gasteiger partial charge in [-0.15, -0.1) is 0 Å². The predicted octanol–water partition coefficient (Wildman–Crippen LogP) is 1.36. The van der Waals surface area contributed by atoms with Gasteiger partial charge in [0, 0.05) is 13.0 Å². The van der Waals surface area contributed by atoms with Crippen LogP contribution >= 0.6 is 0 Å². The van der Waals surface area contributed by atoms with Crippen LogP contribution in [0.5, 0.6) is 5.75 Å². The standard InChI is InChI=1S/C21H23N3O5S/c1-21(24-20(25)26)22-18-12-9-16(13-19(18)23-21)29-30(27,28)17-10-7-15(8-11-17)14-5-3-2-4-6-14/h7-14,24H,2-6H2,1H3,(H,25,26)/p-1. The fraction of sp³-hybridized carbons (Fsp3) is 0.381. The number of carbonyl (C=O) groups excluding carboxylic acids is 1. The van der Waals surface area contributed by atoms with Gasteiger partial charge in [0.25, 0.3) is 0 Å². The highest BCUT2D eigenvalue weighted by molar-refractivity contribution is 7.87. The lowest BCUT2D eigenvalue weighted by Crippen LogP contribution is -2.48. The third-order valence-electron chi connectivity index (χ3n) is 5.41. The molecule has 1 fully saturated rings. The average molecular weight is 428 g/mol. The third kappa shape index (κ3) is 4.30. The third-order valence-corrected chi connectivity index (χ3v) is 6.67. The van der Waals surface area contributed by atoms with Gasteiger partial charge in [-0.2, -0.15) is 8.42 Å². The van der Waals surface area contributed by atoms with Gasteiger partial charge in [-0.05, 0) is 48.6 Å². The molecule has 0 saturated heterocycles. The maximum atomic E-state index is 12.7. The van der Waals surface area contributed by atoms with Gasteiger partial charge in [-0.25, -0.2) is 9.98 Å². The Balaban J connectivity index is 1.54. The van der Waals surface area contributed by atoms with Crippen LogP contribution < -0.4 is 25.3 Å². The second kappa shape index (κ2) is 7.71. The van der Waals surface area contributed by atoms with Crippen LogP contribution in [0.4, 0.5) is 4.79 Å². The van der Waals surface area contributed by atoms with Crippen molar-refractivity contribution >= 4 is 16.2 Å². The smallest absolute Gasteiger partial charge is 0.339 e. The number of rotatable bonds is 5. The molecule has 1 unspecified atom stereocenters. The molecule has 0 aromatic heterocycles. The highest BCUT2D eigenvalue weighted by atomic mass is 32.2. The average Bonchev–Trinajstić information content (AvgIpc) is 3.02. The van der Waals surface area contributed by atoms with Crippen LogP contribution in [0.15, 0.2) is 57.3 Å². The summed E-state index contributed by atoms with van der Waals surface area (Å²) in [4.78, 5) is 19.2. The minimum Gasteiger partial charge on any atom is -0.530 e. The number of carbonyl (C=O) groups is 1. The minimum absolute atomic E-state index is 0.0711. The summed E-state index contributed by atoms with van der Waals surface area (Å²) in [5.74, 6) is -0.850. The molecule has 4 rings (SSSR count). The number of benzene rings is 2. The summed E-state index contributed by atoms with van der Waals surface area (Å²) in [6.07, 6.45) is 4.45. The molecule has 30 heavy (non-hydrogen) atoms. The summed E-state index contributed by atoms with van der Waals surface area (Å²) in [7, 11) is -4.02. The fourth-order valence-corrected chi connectivity index (χ4v) is 4.92. The lowest BCUT2D eigenvalue weighted by atomic mass is 9.84. The quantitative estimate of drug-likeness (QED) is 0.721. The summed E-state index contributed by atoms with van der Waals surface area (Å²) < 4.78 is 30.6. The van der Waals surface area contributed by atoms with Crippen molar-refractivity contribution in [3.8, 4) is 5.75 Å². The Kier molecular flexibility index (Phi) is 5.23. The van der Waals surface area contributed by atoms with E-state index in [-0.39, 0.29) is 10.6 Å². The largest absolute Gasteiger partial charge is 0.530 e. The van der Waals surface area contributed by atoms with Crippen LogP contribution in [0.2, 0.25) is 0 Å². The topological polar surface area (TPSA) is 120 Å². The SMILES string of the molecule is CC1(NC(=O)[O-])N=c2ccc(OS(=O)(=O)c3ccc(C4CCCCC4)cc3)cc2=N1. The summed E-state index contributed by atoms with van der Waals surface area (Å²) in [5.41, 5.74) is 1.16. The van der Waals surface area contributed by atoms with Crippen LogP contribution in [0.25, 0.3) is 0 Å². The molecule has 8 nitrogen and oxygen atoms in total. The molecule has 1 aliphatic heterocycles. The van der Waals surface area contributed by atoms with Crippen molar-refractivity contribution in [2.45, 2.75) is 55.6 Å². The summed E-state index contributed by atoms with van der Waals surface area (Å²) in [6.45, 7) is 1.47. The second-order valence-corrected chi connectivity index (χ2v) is 9.30. The second-order valence-electron chi connectivity index (χ2n) is 7.75. The highest BCUT2D eigenvalue weighted by Crippen LogP contribution is 2.33. The van der Waals surface area contributed by atoms with Gasteiger partial charge in [0.05, 0.1) is 10.7 Å². The number of hydrogen-bond acceptors (Lipinski definition) is 7. The van der Waals surface area contributed by atoms with E-state index in [4.69, 9.17) is 4.18 Å². The number of nitrogens with one attached hydrogen (secondary N) is 1. The number of hydrogen-bond donors (Lipinski definition) is 1. The van der Waals surface area contributed by atoms with Gasteiger partial charge >= 0.3 is 10.1 Å². The number of fused-ring (bicyclic) bond motifs is 1. The van der Waals surface area contributed by atoms with Crippen LogP contribution in [0.3, 0.4) is 0 Å². The number of carboxylic acid groups (broad SMARTS) is 1. The minimum atomic E-state index is -4.02. The molecular formula is C21H22N3O5S-. The van der Waals surface area contributed by atoms with E-state index in [0.717, 1.165) is 18.4 Å². The van der Waals surface area contributed by atoms with E-state index in [9.17, 15) is 18.3 Å². The van der Waals surface area contributed by atoms with Gasteiger partial charge in [0.1, 0.15) is 16.7 Å². The summed E-state index contributed by atoms with van der Waals surface area (Å²) in [6, 6.07) is 11.3. The van der Waals surface area contributed by atoms with Crippen molar-refractivity contribution in [2.75, 3.05) is 0 Å². The molecule has 1 heterocycles. The summed E-state index contributed by atoms with van der Waals surface area (Å²) in [5, 5.41) is 13.7. The molecule has 0 bridgehead atoms. The Morgan fingerprint density at radius 3 is 2.40 bits per heavy atom. The van der Waals surface area contributed by atoms with Gasteiger partial charge in [0.2, 0.25) is 5.79 Å². The predicted molar refractivity (Wildman–Crippen MR) is 106 cm³/mol. The van der Waals surface area contributed by atoms with Crippen molar-refractivity contribution < 1.29 is 22.5 Å². The molecule has 158 valence electrons. The Morgan fingerprint density at radius 2 is 1.73 bits per heavy atom. The van der Waals surface area contributed by atoms with Gasteiger partial charge in [-0.1, -0.05) is 31.4 Å². The van der Waals surface area contributed by atoms with Crippen molar-refractivity contribution in [3.63, 3.8) is 0 Å². The van der Waals surface area contributed by atoms with Gasteiger partial charge in [0.15, 0.2) is 0 Å². The van der Waals surface area contributed by atoms with Crippen molar-refractivity contribution in [2.24, 2.45) is 9.98 Å². The monoisotopic (exact) mass is 428 g/mol. The lowest BCUT2D eigenvalue weighted by Gasteiger charge is -2.22. The maximum absolute atomic E-state index is 12.7. The Labute approximate surface area is 174 Å². The fourth-order valence-electron chi connectivity index (χ4n) is 4.00. The first kappa shape index (κ1) is 20.3. The van der Waals surface area contributed by atoms with Crippen molar-refractivity contribution in [1.29, 1.82) is 0 Å². The zero-order valence-electron chi connectivity index (χ0n) is 16.5. The zero-order valence-corrected chi connectivity index (χ0v) is 17.3. The van der Waals surface area contributed by atoms with E-state index in [1.807, 2.05) is 12.1 Å². The lowest BCUT2D eigenvalue weighted by molar-refractivity contribution is -0.252. The van der Waals surface area contributed by atoms with Gasteiger partial charge < -0.3 is 19.4 Å². The number of amides is 1. The summed E-state index contributed by atoms with van der Waals surface area (Å²) >= 11 is 0. The molecule has 1 N–H and O–H groups in total. The van der Waals surface area contributed by atoms with Crippen LogP contribution in [0.1, 0.15) is 50.5 Å². The highest BCUT2D eigenvalue weighted by Gasteiger charge is 2.25. The molecule has 1 aliphatic carbocycles. The van der Waals surface area contributed by atoms with E-state index >= 15 is 0 Å². The van der Waals surface area contributed by atoms with E-state index in [0.29, 0.717) is 16.6 Å². The van der Waals surface area contributed by atoms with E-state index < -0.39 is 22.0 Å². The first-order valence-electron chi connectivity index (χ1n) is 9.88. The van der Waals surface area contributed by atoms with Crippen LogP contribution in [-0.2, 0) is 10.1 Å². The van der Waals surface area contributed by atoms with Crippen molar-refractivity contribution in [1.82, 2.24) is 5.32 Å². The molecule has 0 spiro atoms. The first-order valence-corrected chi connectivity index (χ1v) is 11.3. The molecule has 1 saturated carbocycles. The van der Waals surface area contributed by atoms with E-state index in [2.05, 4.69) is 15.3 Å².